The Labute approximate surface area is 117 Å². The highest BCUT2D eigenvalue weighted by atomic mass is 35.5. The van der Waals surface area contributed by atoms with Gasteiger partial charge in [0.25, 0.3) is 0 Å². The highest BCUT2D eigenvalue weighted by Gasteiger charge is 2.39. The average Bonchev–Trinajstić information content (AvgIpc) is 3.24. The highest BCUT2D eigenvalue weighted by molar-refractivity contribution is 6.32. The molecule has 0 spiro atoms. The van der Waals surface area contributed by atoms with Crippen LogP contribution in [0.3, 0.4) is 0 Å². The number of phenols is 1. The van der Waals surface area contributed by atoms with Crippen molar-refractivity contribution in [3.63, 3.8) is 0 Å². The van der Waals surface area contributed by atoms with E-state index in [-0.39, 0.29) is 22.6 Å². The number of rotatable bonds is 3. The second-order valence-electron chi connectivity index (χ2n) is 5.36. The topological polar surface area (TPSA) is 35.5 Å². The average molecular weight is 285 g/mol. The quantitative estimate of drug-likeness (QED) is 0.895. The first kappa shape index (κ1) is 13.2. The molecule has 1 aliphatic carbocycles. The lowest BCUT2D eigenvalue weighted by molar-refractivity contribution is 0.150. The smallest absolute Gasteiger partial charge is 0.141 e. The van der Waals surface area contributed by atoms with Gasteiger partial charge in [-0.1, -0.05) is 11.6 Å². The Morgan fingerprint density at radius 2 is 2.00 bits per heavy atom. The van der Waals surface area contributed by atoms with Gasteiger partial charge in [0, 0.05) is 37.8 Å². The predicted molar refractivity (Wildman–Crippen MR) is 73.0 cm³/mol. The van der Waals surface area contributed by atoms with Crippen LogP contribution in [0.1, 0.15) is 24.4 Å². The van der Waals surface area contributed by atoms with E-state index in [1.807, 2.05) is 0 Å². The summed E-state index contributed by atoms with van der Waals surface area (Å²) in [5.41, 5.74) is 0.386. The Morgan fingerprint density at radius 1 is 1.32 bits per heavy atom. The molecule has 0 amide bonds. The first-order chi connectivity index (χ1) is 9.18. The van der Waals surface area contributed by atoms with Crippen molar-refractivity contribution in [2.24, 2.45) is 5.92 Å². The fraction of sp³-hybridized carbons (Fsp3) is 0.571. The summed E-state index contributed by atoms with van der Waals surface area (Å²) in [5, 5.41) is 13.7. The van der Waals surface area contributed by atoms with Crippen molar-refractivity contribution in [1.82, 2.24) is 10.2 Å². The standard InChI is InChI=1S/C14H18ClFN2O/c15-10-3-4-11(16)12(14(10)19)13(9-1-2-9)18-7-5-17-6-8-18/h3-4,9,13,17,19H,1-2,5-8H2/t13-/m0/s1. The first-order valence-electron chi connectivity index (χ1n) is 6.80. The lowest BCUT2D eigenvalue weighted by atomic mass is 9.98. The van der Waals surface area contributed by atoms with Crippen molar-refractivity contribution in [1.29, 1.82) is 0 Å². The maximum Gasteiger partial charge on any atom is 0.141 e. The SMILES string of the molecule is Oc1c(Cl)ccc(F)c1[C@H](C1CC1)N1CCNCC1. The number of aromatic hydroxyl groups is 1. The van der Waals surface area contributed by atoms with Gasteiger partial charge in [-0.25, -0.2) is 4.39 Å². The molecule has 1 atom stereocenters. The van der Waals surface area contributed by atoms with Crippen LogP contribution in [0.4, 0.5) is 4.39 Å². The second-order valence-corrected chi connectivity index (χ2v) is 5.77. The molecule has 1 saturated heterocycles. The molecule has 1 heterocycles. The molecule has 0 aromatic heterocycles. The number of nitrogens with zero attached hydrogens (tertiary/aromatic N) is 1. The van der Waals surface area contributed by atoms with Crippen LogP contribution >= 0.6 is 11.6 Å². The van der Waals surface area contributed by atoms with Crippen LogP contribution in [0, 0.1) is 11.7 Å². The molecule has 0 bridgehead atoms. The molecule has 19 heavy (non-hydrogen) atoms. The summed E-state index contributed by atoms with van der Waals surface area (Å²) < 4.78 is 14.2. The minimum absolute atomic E-state index is 0.0409. The van der Waals surface area contributed by atoms with Gasteiger partial charge in [-0.2, -0.15) is 0 Å². The van der Waals surface area contributed by atoms with E-state index >= 15 is 0 Å². The van der Waals surface area contributed by atoms with Gasteiger partial charge >= 0.3 is 0 Å². The zero-order valence-corrected chi connectivity index (χ0v) is 11.5. The summed E-state index contributed by atoms with van der Waals surface area (Å²) in [7, 11) is 0. The zero-order chi connectivity index (χ0) is 13.4. The van der Waals surface area contributed by atoms with Gasteiger partial charge in [-0.3, -0.25) is 4.90 Å². The maximum atomic E-state index is 14.2. The van der Waals surface area contributed by atoms with Crippen LogP contribution < -0.4 is 5.32 Å². The predicted octanol–water partition coefficient (Wildman–Crippen LogP) is 2.54. The summed E-state index contributed by atoms with van der Waals surface area (Å²) in [6.07, 6.45) is 2.19. The van der Waals surface area contributed by atoms with E-state index in [4.69, 9.17) is 11.6 Å². The van der Waals surface area contributed by atoms with Crippen LogP contribution in [-0.2, 0) is 0 Å². The van der Waals surface area contributed by atoms with Gasteiger partial charge < -0.3 is 10.4 Å². The summed E-state index contributed by atoms with van der Waals surface area (Å²) in [5.74, 6) is 0.00592. The molecule has 1 aliphatic heterocycles. The number of hydrogen-bond acceptors (Lipinski definition) is 3. The highest BCUT2D eigenvalue weighted by Crippen LogP contribution is 2.48. The van der Waals surface area contributed by atoms with Gasteiger partial charge in [0.2, 0.25) is 0 Å². The third-order valence-electron chi connectivity index (χ3n) is 4.02. The van der Waals surface area contributed by atoms with E-state index < -0.39 is 0 Å². The van der Waals surface area contributed by atoms with Gasteiger partial charge in [0.05, 0.1) is 5.02 Å². The number of piperazine rings is 1. The van der Waals surface area contributed by atoms with Crippen LogP contribution in [-0.4, -0.2) is 36.2 Å². The van der Waals surface area contributed by atoms with Gasteiger partial charge in [-0.15, -0.1) is 0 Å². The molecular weight excluding hydrogens is 267 g/mol. The molecule has 1 saturated carbocycles. The number of hydrogen-bond donors (Lipinski definition) is 2. The van der Waals surface area contributed by atoms with Crippen molar-refractivity contribution < 1.29 is 9.50 Å². The molecule has 2 aliphatic rings. The zero-order valence-electron chi connectivity index (χ0n) is 10.7. The Balaban J connectivity index is 1.97. The first-order valence-corrected chi connectivity index (χ1v) is 7.18. The molecule has 0 unspecified atom stereocenters. The number of nitrogens with one attached hydrogen (secondary N) is 1. The number of benzene rings is 1. The van der Waals surface area contributed by atoms with Crippen LogP contribution in [0.2, 0.25) is 5.02 Å². The molecule has 1 aromatic rings. The lowest BCUT2D eigenvalue weighted by Gasteiger charge is -2.36. The Kier molecular flexibility index (Phi) is 3.65. The normalized spacial score (nSPS) is 22.4. The van der Waals surface area contributed by atoms with Gasteiger partial charge in [0.1, 0.15) is 11.6 Å². The van der Waals surface area contributed by atoms with Crippen molar-refractivity contribution in [2.45, 2.75) is 18.9 Å². The van der Waals surface area contributed by atoms with E-state index in [1.54, 1.807) is 0 Å². The van der Waals surface area contributed by atoms with Crippen LogP contribution in [0.5, 0.6) is 5.75 Å². The minimum Gasteiger partial charge on any atom is -0.506 e. The van der Waals surface area contributed by atoms with E-state index in [1.165, 1.54) is 12.1 Å². The fourth-order valence-corrected chi connectivity index (χ4v) is 3.09. The monoisotopic (exact) mass is 284 g/mol. The Bertz CT molecular complexity index is 473. The molecule has 104 valence electrons. The molecule has 5 heteroatoms. The molecular formula is C14H18ClFN2O. The third kappa shape index (κ3) is 2.57. The van der Waals surface area contributed by atoms with Crippen molar-refractivity contribution in [3.05, 3.63) is 28.5 Å². The summed E-state index contributed by atoms with van der Waals surface area (Å²) in [4.78, 5) is 2.27. The molecule has 1 aromatic carbocycles. The number of halogens is 2. The lowest BCUT2D eigenvalue weighted by Crippen LogP contribution is -2.45. The van der Waals surface area contributed by atoms with Gasteiger partial charge in [0.15, 0.2) is 0 Å². The molecule has 0 radical (unpaired) electrons. The maximum absolute atomic E-state index is 14.2. The number of phenolic OH excluding ortho intramolecular Hbond substituents is 1. The van der Waals surface area contributed by atoms with Crippen molar-refractivity contribution in [2.75, 3.05) is 26.2 Å². The van der Waals surface area contributed by atoms with E-state index in [0.29, 0.717) is 11.5 Å². The van der Waals surface area contributed by atoms with Crippen LogP contribution in [0.25, 0.3) is 0 Å². The summed E-state index contributed by atoms with van der Waals surface area (Å²) in [6.45, 7) is 3.58. The summed E-state index contributed by atoms with van der Waals surface area (Å²) >= 11 is 5.95. The van der Waals surface area contributed by atoms with E-state index in [2.05, 4.69) is 10.2 Å². The largest absolute Gasteiger partial charge is 0.506 e. The third-order valence-corrected chi connectivity index (χ3v) is 4.33. The van der Waals surface area contributed by atoms with Crippen molar-refractivity contribution >= 4 is 11.6 Å². The fourth-order valence-electron chi connectivity index (χ4n) is 2.93. The second kappa shape index (κ2) is 5.27. The molecule has 3 nitrogen and oxygen atoms in total. The summed E-state index contributed by atoms with van der Waals surface area (Å²) in [6, 6.07) is 2.73. The molecule has 2 N–H and O–H groups in total. The Morgan fingerprint density at radius 3 is 2.63 bits per heavy atom. The van der Waals surface area contributed by atoms with E-state index in [9.17, 15) is 9.50 Å². The molecule has 2 fully saturated rings. The van der Waals surface area contributed by atoms with Gasteiger partial charge in [-0.05, 0) is 30.9 Å². The van der Waals surface area contributed by atoms with E-state index in [0.717, 1.165) is 39.0 Å². The van der Waals surface area contributed by atoms with Crippen molar-refractivity contribution in [3.8, 4) is 5.75 Å². The Hall–Kier alpha value is -0.840. The minimum atomic E-state index is -0.350. The van der Waals surface area contributed by atoms with Crippen LogP contribution in [0.15, 0.2) is 12.1 Å². The molecule has 3 rings (SSSR count).